The van der Waals surface area contributed by atoms with E-state index >= 15 is 0 Å². The minimum Gasteiger partial charge on any atom is -0.382 e. The molecule has 0 heterocycles. The first kappa shape index (κ1) is 8.70. The fourth-order valence-corrected chi connectivity index (χ4v) is 0.457. The van der Waals surface area contributed by atoms with Gasteiger partial charge in [0.1, 0.15) is 11.6 Å². The maximum absolute atomic E-state index is 10.6. The summed E-state index contributed by atoms with van der Waals surface area (Å²) < 4.78 is 0. The third-order valence-electron chi connectivity index (χ3n) is 0.887. The molecular weight excluding hydrogens is 128 g/mol. The Morgan fingerprint density at radius 1 is 1.60 bits per heavy atom. The third-order valence-corrected chi connectivity index (χ3v) is 0.887. The Morgan fingerprint density at radius 3 is 2.20 bits per heavy atom. The molecule has 0 saturated carbocycles. The largest absolute Gasteiger partial charge is 0.382 e. The van der Waals surface area contributed by atoms with E-state index in [4.69, 9.17) is 5.26 Å². The fourth-order valence-electron chi connectivity index (χ4n) is 0.457. The SMILES string of the molecule is CC(=O)/C(C#N)=C\N(C)C. The summed E-state index contributed by atoms with van der Waals surface area (Å²) in [5, 5.41) is 8.38. The van der Waals surface area contributed by atoms with E-state index in [0.29, 0.717) is 0 Å². The van der Waals surface area contributed by atoms with Crippen LogP contribution in [-0.4, -0.2) is 24.8 Å². The number of carbonyl (C=O) groups excluding carboxylic acids is 1. The van der Waals surface area contributed by atoms with E-state index in [0.717, 1.165) is 0 Å². The average molecular weight is 138 g/mol. The van der Waals surface area contributed by atoms with Crippen LogP contribution in [0.3, 0.4) is 0 Å². The number of Topliss-reactive ketones (excluding diaryl/α,β-unsaturated/α-hetero) is 1. The Morgan fingerprint density at radius 2 is 2.10 bits per heavy atom. The van der Waals surface area contributed by atoms with E-state index in [1.165, 1.54) is 13.1 Å². The third kappa shape index (κ3) is 2.88. The molecule has 0 rings (SSSR count). The molecule has 0 aliphatic carbocycles. The molecule has 3 nitrogen and oxygen atoms in total. The summed E-state index contributed by atoms with van der Waals surface area (Å²) in [6.45, 7) is 1.37. The van der Waals surface area contributed by atoms with Crippen molar-refractivity contribution in [2.45, 2.75) is 6.92 Å². The van der Waals surface area contributed by atoms with Crippen molar-refractivity contribution in [2.75, 3.05) is 14.1 Å². The fraction of sp³-hybridized carbons (Fsp3) is 0.429. The maximum atomic E-state index is 10.6. The Hall–Kier alpha value is -1.30. The Kier molecular flexibility index (Phi) is 3.20. The molecule has 0 fully saturated rings. The van der Waals surface area contributed by atoms with Crippen LogP contribution in [0.15, 0.2) is 11.8 Å². The topological polar surface area (TPSA) is 44.1 Å². The van der Waals surface area contributed by atoms with E-state index in [9.17, 15) is 4.79 Å². The van der Waals surface area contributed by atoms with Crippen molar-refractivity contribution in [3.05, 3.63) is 11.8 Å². The highest BCUT2D eigenvalue weighted by molar-refractivity contribution is 5.96. The lowest BCUT2D eigenvalue weighted by Crippen LogP contribution is -2.05. The highest BCUT2D eigenvalue weighted by atomic mass is 16.1. The summed E-state index contributed by atoms with van der Waals surface area (Å²) in [6.07, 6.45) is 1.50. The highest BCUT2D eigenvalue weighted by Gasteiger charge is 2.00. The first-order valence-corrected chi connectivity index (χ1v) is 2.87. The number of ketones is 1. The molecule has 0 amide bonds. The molecule has 54 valence electrons. The molecule has 0 aromatic carbocycles. The molecule has 0 bridgehead atoms. The van der Waals surface area contributed by atoms with E-state index in [1.54, 1.807) is 25.1 Å². The second-order valence-corrected chi connectivity index (χ2v) is 2.17. The standard InChI is InChI=1S/C7H10N2O/c1-6(10)7(4-8)5-9(2)3/h5H,1-3H3/b7-5-. The van der Waals surface area contributed by atoms with Crippen LogP contribution in [0.1, 0.15) is 6.92 Å². The molecule has 0 N–H and O–H groups in total. The molecule has 3 heteroatoms. The summed E-state index contributed by atoms with van der Waals surface area (Å²) in [7, 11) is 3.53. The molecular formula is C7H10N2O. The zero-order valence-electron chi connectivity index (χ0n) is 6.38. The first-order chi connectivity index (χ1) is 4.57. The molecule has 0 aliphatic rings. The van der Waals surface area contributed by atoms with Crippen LogP contribution in [0, 0.1) is 11.3 Å². The molecule has 0 saturated heterocycles. The number of nitriles is 1. The van der Waals surface area contributed by atoms with Gasteiger partial charge in [-0.15, -0.1) is 0 Å². The second kappa shape index (κ2) is 3.67. The van der Waals surface area contributed by atoms with Crippen LogP contribution in [-0.2, 0) is 4.79 Å². The monoisotopic (exact) mass is 138 g/mol. The molecule has 0 radical (unpaired) electrons. The van der Waals surface area contributed by atoms with Gasteiger partial charge < -0.3 is 4.90 Å². The average Bonchev–Trinajstić information content (AvgIpc) is 1.81. The van der Waals surface area contributed by atoms with Gasteiger partial charge in [-0.25, -0.2) is 0 Å². The van der Waals surface area contributed by atoms with Gasteiger partial charge in [-0.05, 0) is 6.92 Å². The lowest BCUT2D eigenvalue weighted by Gasteiger charge is -2.03. The van der Waals surface area contributed by atoms with Gasteiger partial charge >= 0.3 is 0 Å². The van der Waals surface area contributed by atoms with Crippen molar-refractivity contribution in [3.63, 3.8) is 0 Å². The highest BCUT2D eigenvalue weighted by Crippen LogP contribution is 1.93. The van der Waals surface area contributed by atoms with Crippen LogP contribution >= 0.6 is 0 Å². The van der Waals surface area contributed by atoms with E-state index in [-0.39, 0.29) is 11.4 Å². The van der Waals surface area contributed by atoms with Crippen LogP contribution in [0.2, 0.25) is 0 Å². The zero-order chi connectivity index (χ0) is 8.15. The number of hydrogen-bond donors (Lipinski definition) is 0. The normalized spacial score (nSPS) is 10.4. The van der Waals surface area contributed by atoms with Gasteiger partial charge in [-0.2, -0.15) is 5.26 Å². The minimum atomic E-state index is -0.198. The number of nitrogens with zero attached hydrogens (tertiary/aromatic N) is 2. The second-order valence-electron chi connectivity index (χ2n) is 2.17. The summed E-state index contributed by atoms with van der Waals surface area (Å²) in [5.74, 6) is -0.198. The van der Waals surface area contributed by atoms with Crippen molar-refractivity contribution in [1.82, 2.24) is 4.90 Å². The van der Waals surface area contributed by atoms with Gasteiger partial charge in [0.15, 0.2) is 5.78 Å². The zero-order valence-corrected chi connectivity index (χ0v) is 6.38. The smallest absolute Gasteiger partial charge is 0.171 e. The summed E-state index contributed by atoms with van der Waals surface area (Å²) in [6, 6.07) is 1.80. The van der Waals surface area contributed by atoms with Crippen molar-refractivity contribution in [3.8, 4) is 6.07 Å². The van der Waals surface area contributed by atoms with Crippen LogP contribution in [0.4, 0.5) is 0 Å². The van der Waals surface area contributed by atoms with Crippen LogP contribution < -0.4 is 0 Å². The lowest BCUT2D eigenvalue weighted by atomic mass is 10.2. The van der Waals surface area contributed by atoms with Crippen molar-refractivity contribution in [2.24, 2.45) is 0 Å². The predicted molar refractivity (Wildman–Crippen MR) is 38.1 cm³/mol. The molecule has 0 spiro atoms. The number of rotatable bonds is 2. The molecule has 0 unspecified atom stereocenters. The van der Waals surface area contributed by atoms with E-state index in [2.05, 4.69) is 0 Å². The molecule has 0 aromatic heterocycles. The van der Waals surface area contributed by atoms with Gasteiger partial charge in [-0.3, -0.25) is 4.79 Å². The van der Waals surface area contributed by atoms with Gasteiger partial charge in [0.05, 0.1) is 0 Å². The van der Waals surface area contributed by atoms with Crippen molar-refractivity contribution in [1.29, 1.82) is 5.26 Å². The van der Waals surface area contributed by atoms with Crippen LogP contribution in [0.25, 0.3) is 0 Å². The Bertz CT molecular complexity index is 198. The van der Waals surface area contributed by atoms with Gasteiger partial charge in [-0.1, -0.05) is 0 Å². The van der Waals surface area contributed by atoms with E-state index < -0.39 is 0 Å². The van der Waals surface area contributed by atoms with Gasteiger partial charge in [0.2, 0.25) is 0 Å². The van der Waals surface area contributed by atoms with Crippen LogP contribution in [0.5, 0.6) is 0 Å². The number of carbonyl (C=O) groups is 1. The lowest BCUT2D eigenvalue weighted by molar-refractivity contribution is -0.113. The van der Waals surface area contributed by atoms with Gasteiger partial charge in [0.25, 0.3) is 0 Å². The molecule has 0 aromatic rings. The first-order valence-electron chi connectivity index (χ1n) is 2.87. The summed E-state index contributed by atoms with van der Waals surface area (Å²) in [5.41, 5.74) is 0.185. The van der Waals surface area contributed by atoms with Crippen molar-refractivity contribution < 1.29 is 4.79 Å². The Balaban J connectivity index is 4.39. The molecule has 0 aliphatic heterocycles. The summed E-state index contributed by atoms with van der Waals surface area (Å²) >= 11 is 0. The summed E-state index contributed by atoms with van der Waals surface area (Å²) in [4.78, 5) is 12.3. The predicted octanol–water partition coefficient (Wildman–Crippen LogP) is 0.544. The molecule has 0 atom stereocenters. The Labute approximate surface area is 60.6 Å². The van der Waals surface area contributed by atoms with E-state index in [1.807, 2.05) is 0 Å². The maximum Gasteiger partial charge on any atom is 0.171 e. The van der Waals surface area contributed by atoms with Gasteiger partial charge in [0, 0.05) is 20.3 Å². The van der Waals surface area contributed by atoms with Crippen molar-refractivity contribution >= 4 is 5.78 Å². The minimum absolute atomic E-state index is 0.185. The molecule has 10 heavy (non-hydrogen) atoms. The number of hydrogen-bond acceptors (Lipinski definition) is 3. The quantitative estimate of drug-likeness (QED) is 0.413. The number of allylic oxidation sites excluding steroid dienone is 1.